The number of thioether (sulfide) groups is 1. The fraction of sp³-hybridized carbons (Fsp3) is 0.909. The molecule has 0 aliphatic heterocycles. The predicted octanol–water partition coefficient (Wildman–Crippen LogP) is 1.76. The maximum atomic E-state index is 11.3. The first-order chi connectivity index (χ1) is 7.22. The molecule has 0 heterocycles. The second kappa shape index (κ2) is 10.3. The van der Waals surface area contributed by atoms with Crippen LogP contribution in [-0.4, -0.2) is 30.5 Å². The lowest BCUT2D eigenvalue weighted by molar-refractivity contribution is -0.122. The fourth-order valence-corrected chi connectivity index (χ4v) is 1.75. The minimum atomic E-state index is -0.332. The Kier molecular flexibility index (Phi) is 10.2. The second-order valence-corrected chi connectivity index (χ2v) is 4.70. The van der Waals surface area contributed by atoms with Gasteiger partial charge >= 0.3 is 0 Å². The van der Waals surface area contributed by atoms with Crippen molar-refractivity contribution in [3.8, 4) is 0 Å². The summed E-state index contributed by atoms with van der Waals surface area (Å²) in [7, 11) is 0. The fourth-order valence-electron chi connectivity index (χ4n) is 1.25. The van der Waals surface area contributed by atoms with Crippen molar-refractivity contribution < 1.29 is 4.79 Å². The number of hydrogen-bond donors (Lipinski definition) is 2. The lowest BCUT2D eigenvalue weighted by atomic mass is 10.2. The van der Waals surface area contributed by atoms with E-state index in [-0.39, 0.29) is 11.9 Å². The molecule has 0 unspecified atom stereocenters. The van der Waals surface area contributed by atoms with Gasteiger partial charge in [-0.3, -0.25) is 4.79 Å². The van der Waals surface area contributed by atoms with Crippen LogP contribution in [0.3, 0.4) is 0 Å². The van der Waals surface area contributed by atoms with E-state index in [2.05, 4.69) is 11.6 Å². The SMILES string of the molecule is CC[C@@H](N)C(=O)NCCCCCCSC. The summed E-state index contributed by atoms with van der Waals surface area (Å²) in [6.45, 7) is 2.69. The van der Waals surface area contributed by atoms with Crippen molar-refractivity contribution in [1.29, 1.82) is 0 Å². The molecule has 0 aromatic rings. The summed E-state index contributed by atoms with van der Waals surface area (Å²) in [4.78, 5) is 11.3. The summed E-state index contributed by atoms with van der Waals surface area (Å²) < 4.78 is 0. The molecule has 0 spiro atoms. The van der Waals surface area contributed by atoms with Crippen molar-refractivity contribution in [1.82, 2.24) is 5.32 Å². The van der Waals surface area contributed by atoms with Crippen molar-refractivity contribution in [3.63, 3.8) is 0 Å². The lowest BCUT2D eigenvalue weighted by Gasteiger charge is -2.09. The van der Waals surface area contributed by atoms with Gasteiger partial charge in [0.05, 0.1) is 6.04 Å². The molecule has 1 atom stereocenters. The van der Waals surface area contributed by atoms with Crippen LogP contribution in [0.5, 0.6) is 0 Å². The van der Waals surface area contributed by atoms with E-state index in [1.807, 2.05) is 18.7 Å². The summed E-state index contributed by atoms with van der Waals surface area (Å²) in [5, 5.41) is 2.86. The Hall–Kier alpha value is -0.220. The molecule has 4 heteroatoms. The molecule has 0 fully saturated rings. The quantitative estimate of drug-likeness (QED) is 0.596. The van der Waals surface area contributed by atoms with Crippen LogP contribution >= 0.6 is 11.8 Å². The molecule has 3 nitrogen and oxygen atoms in total. The van der Waals surface area contributed by atoms with E-state index >= 15 is 0 Å². The molecule has 0 saturated heterocycles. The van der Waals surface area contributed by atoms with Crippen LogP contribution in [0.4, 0.5) is 0 Å². The predicted molar refractivity (Wildman–Crippen MR) is 68.1 cm³/mol. The molecule has 0 aromatic heterocycles. The average Bonchev–Trinajstić information content (AvgIpc) is 2.26. The van der Waals surface area contributed by atoms with Gasteiger partial charge in [0.2, 0.25) is 5.91 Å². The van der Waals surface area contributed by atoms with Crippen LogP contribution in [0.1, 0.15) is 39.0 Å². The number of unbranched alkanes of at least 4 members (excludes halogenated alkanes) is 3. The number of nitrogens with one attached hydrogen (secondary N) is 1. The Bertz CT molecular complexity index is 165. The van der Waals surface area contributed by atoms with Gasteiger partial charge in [-0.25, -0.2) is 0 Å². The number of carbonyl (C=O) groups excluding carboxylic acids is 1. The highest BCUT2D eigenvalue weighted by Gasteiger charge is 2.08. The van der Waals surface area contributed by atoms with Crippen LogP contribution in [-0.2, 0) is 4.79 Å². The van der Waals surface area contributed by atoms with Crippen molar-refractivity contribution in [2.24, 2.45) is 5.73 Å². The third-order valence-electron chi connectivity index (χ3n) is 2.35. The number of amides is 1. The zero-order valence-corrected chi connectivity index (χ0v) is 10.7. The van der Waals surface area contributed by atoms with Crippen molar-refractivity contribution in [2.45, 2.75) is 45.1 Å². The van der Waals surface area contributed by atoms with Gasteiger partial charge in [0, 0.05) is 6.54 Å². The first-order valence-corrected chi connectivity index (χ1v) is 7.14. The van der Waals surface area contributed by atoms with E-state index in [4.69, 9.17) is 5.73 Å². The Morgan fingerprint density at radius 3 is 2.60 bits per heavy atom. The van der Waals surface area contributed by atoms with E-state index in [0.717, 1.165) is 13.0 Å². The highest BCUT2D eigenvalue weighted by molar-refractivity contribution is 7.98. The molecule has 0 saturated carbocycles. The number of hydrogen-bond acceptors (Lipinski definition) is 3. The van der Waals surface area contributed by atoms with Crippen LogP contribution < -0.4 is 11.1 Å². The first-order valence-electron chi connectivity index (χ1n) is 5.74. The zero-order valence-electron chi connectivity index (χ0n) is 9.92. The lowest BCUT2D eigenvalue weighted by Crippen LogP contribution is -2.40. The standard InChI is InChI=1S/C11H24N2OS/c1-3-10(12)11(14)13-8-6-4-5-7-9-15-2/h10H,3-9,12H2,1-2H3,(H,13,14)/t10-/m1/s1. The van der Waals surface area contributed by atoms with Crippen molar-refractivity contribution in [3.05, 3.63) is 0 Å². The monoisotopic (exact) mass is 232 g/mol. The Morgan fingerprint density at radius 1 is 1.33 bits per heavy atom. The number of rotatable bonds is 9. The second-order valence-electron chi connectivity index (χ2n) is 3.71. The van der Waals surface area contributed by atoms with Crippen LogP contribution in [0, 0.1) is 0 Å². The average molecular weight is 232 g/mol. The molecule has 0 rings (SSSR count). The Balaban J connectivity index is 3.20. The van der Waals surface area contributed by atoms with Gasteiger partial charge in [0.1, 0.15) is 0 Å². The highest BCUT2D eigenvalue weighted by atomic mass is 32.2. The third kappa shape index (κ3) is 8.75. The van der Waals surface area contributed by atoms with Crippen LogP contribution in [0.25, 0.3) is 0 Å². The molecule has 1 amide bonds. The number of carbonyl (C=O) groups is 1. The first kappa shape index (κ1) is 14.8. The molecular weight excluding hydrogens is 208 g/mol. The molecule has 0 aliphatic carbocycles. The summed E-state index contributed by atoms with van der Waals surface area (Å²) >= 11 is 1.89. The molecule has 90 valence electrons. The smallest absolute Gasteiger partial charge is 0.236 e. The van der Waals surface area contributed by atoms with E-state index in [9.17, 15) is 4.79 Å². The number of nitrogens with two attached hydrogens (primary N) is 1. The van der Waals surface area contributed by atoms with Gasteiger partial charge in [-0.2, -0.15) is 11.8 Å². The van der Waals surface area contributed by atoms with Gasteiger partial charge in [-0.05, 0) is 31.3 Å². The molecule has 0 aliphatic rings. The molecule has 3 N–H and O–H groups in total. The van der Waals surface area contributed by atoms with E-state index in [1.54, 1.807) is 0 Å². The zero-order chi connectivity index (χ0) is 11.5. The van der Waals surface area contributed by atoms with Gasteiger partial charge in [-0.15, -0.1) is 0 Å². The molecule has 0 bridgehead atoms. The van der Waals surface area contributed by atoms with Gasteiger partial charge < -0.3 is 11.1 Å². The minimum Gasteiger partial charge on any atom is -0.355 e. The molecule has 0 radical (unpaired) electrons. The van der Waals surface area contributed by atoms with Gasteiger partial charge in [-0.1, -0.05) is 19.8 Å². The highest BCUT2D eigenvalue weighted by Crippen LogP contribution is 2.03. The summed E-state index contributed by atoms with van der Waals surface area (Å²) in [5.74, 6) is 1.23. The van der Waals surface area contributed by atoms with Crippen LogP contribution in [0.2, 0.25) is 0 Å². The summed E-state index contributed by atoms with van der Waals surface area (Å²) in [6.07, 6.45) is 7.64. The largest absolute Gasteiger partial charge is 0.355 e. The van der Waals surface area contributed by atoms with E-state index < -0.39 is 0 Å². The third-order valence-corrected chi connectivity index (χ3v) is 3.05. The topological polar surface area (TPSA) is 55.1 Å². The normalized spacial score (nSPS) is 12.5. The van der Waals surface area contributed by atoms with Crippen LogP contribution in [0.15, 0.2) is 0 Å². The van der Waals surface area contributed by atoms with Crippen molar-refractivity contribution >= 4 is 17.7 Å². The summed E-state index contributed by atoms with van der Waals surface area (Å²) in [6, 6.07) is -0.332. The molecule has 15 heavy (non-hydrogen) atoms. The van der Waals surface area contributed by atoms with E-state index in [1.165, 1.54) is 25.0 Å². The van der Waals surface area contributed by atoms with Gasteiger partial charge in [0.25, 0.3) is 0 Å². The maximum Gasteiger partial charge on any atom is 0.236 e. The van der Waals surface area contributed by atoms with Gasteiger partial charge in [0.15, 0.2) is 0 Å². The molecule has 0 aromatic carbocycles. The molecular formula is C11H24N2OS. The minimum absolute atomic E-state index is 0.0124. The Morgan fingerprint density at radius 2 is 2.00 bits per heavy atom. The summed E-state index contributed by atoms with van der Waals surface area (Å²) in [5.41, 5.74) is 5.58. The van der Waals surface area contributed by atoms with Crippen molar-refractivity contribution in [2.75, 3.05) is 18.6 Å². The maximum absolute atomic E-state index is 11.3. The Labute approximate surface area is 97.6 Å². The van der Waals surface area contributed by atoms with E-state index in [0.29, 0.717) is 6.42 Å².